The molecule has 0 saturated carbocycles. The van der Waals surface area contributed by atoms with Crippen LogP contribution in [0.15, 0.2) is 96.1 Å². The zero-order chi connectivity index (χ0) is 27.4. The molecular formula is C30H19Cl4N3O2. The number of para-hydroxylation sites is 1. The maximum absolute atomic E-state index is 13.1. The fraction of sp³-hybridized carbons (Fsp3) is 0.0333. The first kappa shape index (κ1) is 27.0. The lowest BCUT2D eigenvalue weighted by Gasteiger charge is -2.11. The van der Waals surface area contributed by atoms with Crippen molar-refractivity contribution < 1.29 is 9.53 Å². The summed E-state index contributed by atoms with van der Waals surface area (Å²) in [4.78, 5) is 17.9. The predicted molar refractivity (Wildman–Crippen MR) is 159 cm³/mol. The molecule has 0 aliphatic rings. The quantitative estimate of drug-likeness (QED) is 0.151. The Kier molecular flexibility index (Phi) is 8.34. The molecule has 0 spiro atoms. The zero-order valence-corrected chi connectivity index (χ0v) is 23.2. The van der Waals surface area contributed by atoms with Gasteiger partial charge in [-0.1, -0.05) is 101 Å². The van der Waals surface area contributed by atoms with Crippen LogP contribution in [0.4, 0.5) is 0 Å². The normalized spacial score (nSPS) is 11.2. The topological polar surface area (TPSA) is 63.6 Å². The number of carbonyl (C=O) groups is 1. The number of amides is 1. The molecule has 0 atom stereocenters. The lowest BCUT2D eigenvalue weighted by atomic mass is 10.0. The van der Waals surface area contributed by atoms with Crippen molar-refractivity contribution in [1.82, 2.24) is 10.4 Å². The Hall–Kier alpha value is -3.61. The van der Waals surface area contributed by atoms with E-state index in [0.29, 0.717) is 48.2 Å². The summed E-state index contributed by atoms with van der Waals surface area (Å²) in [7, 11) is 0. The lowest BCUT2D eigenvalue weighted by Crippen LogP contribution is -2.18. The number of fused-ring (bicyclic) bond motifs is 1. The Morgan fingerprint density at radius 2 is 1.54 bits per heavy atom. The number of benzene rings is 4. The van der Waals surface area contributed by atoms with Gasteiger partial charge >= 0.3 is 0 Å². The fourth-order valence-corrected chi connectivity index (χ4v) is 4.86. The number of nitrogens with zero attached hydrogens (tertiary/aromatic N) is 2. The minimum Gasteiger partial charge on any atom is -0.486 e. The van der Waals surface area contributed by atoms with Gasteiger partial charge in [0.15, 0.2) is 5.75 Å². The molecule has 0 fully saturated rings. The summed E-state index contributed by atoms with van der Waals surface area (Å²) < 4.78 is 5.81. The molecule has 5 nitrogen and oxygen atoms in total. The van der Waals surface area contributed by atoms with Crippen LogP contribution in [-0.4, -0.2) is 17.1 Å². The largest absolute Gasteiger partial charge is 0.486 e. The molecule has 1 heterocycles. The van der Waals surface area contributed by atoms with E-state index in [9.17, 15) is 4.79 Å². The van der Waals surface area contributed by atoms with Gasteiger partial charge in [0.1, 0.15) is 6.61 Å². The molecule has 194 valence electrons. The highest BCUT2D eigenvalue weighted by molar-refractivity contribution is 6.42. The summed E-state index contributed by atoms with van der Waals surface area (Å²) in [6.45, 7) is 0.199. The Bertz CT molecular complexity index is 1690. The van der Waals surface area contributed by atoms with Crippen LogP contribution in [0.3, 0.4) is 0 Å². The van der Waals surface area contributed by atoms with E-state index in [0.717, 1.165) is 16.5 Å². The third kappa shape index (κ3) is 6.35. The molecule has 1 amide bonds. The van der Waals surface area contributed by atoms with Crippen LogP contribution in [-0.2, 0) is 6.61 Å². The lowest BCUT2D eigenvalue weighted by molar-refractivity contribution is 0.0956. The number of hydrazone groups is 1. The first-order valence-electron chi connectivity index (χ1n) is 11.7. The van der Waals surface area contributed by atoms with Gasteiger partial charge in [-0.2, -0.15) is 5.10 Å². The summed E-state index contributed by atoms with van der Waals surface area (Å²) in [5.74, 6) is -0.0527. The summed E-state index contributed by atoms with van der Waals surface area (Å²) in [5, 5.41) is 6.32. The van der Waals surface area contributed by atoms with E-state index in [-0.39, 0.29) is 12.5 Å². The third-order valence-electron chi connectivity index (χ3n) is 5.80. The first-order chi connectivity index (χ1) is 18.9. The SMILES string of the molecule is O=C(N/N=C/c1cc(Cl)c(OCc2ccc(Cl)c(Cl)c2)c(Cl)c1)c1cc(-c2ccccc2)nc2ccccc12. The number of hydrogen-bond donors (Lipinski definition) is 1. The van der Waals surface area contributed by atoms with E-state index in [4.69, 9.17) is 56.1 Å². The van der Waals surface area contributed by atoms with Crippen molar-refractivity contribution in [3.05, 3.63) is 128 Å². The number of halogens is 4. The molecule has 1 N–H and O–H groups in total. The zero-order valence-electron chi connectivity index (χ0n) is 20.2. The Morgan fingerprint density at radius 1 is 0.821 bits per heavy atom. The number of hydrogen-bond acceptors (Lipinski definition) is 4. The van der Waals surface area contributed by atoms with Crippen LogP contribution in [0.5, 0.6) is 5.75 Å². The van der Waals surface area contributed by atoms with Crippen molar-refractivity contribution in [3.63, 3.8) is 0 Å². The molecule has 0 aliphatic carbocycles. The van der Waals surface area contributed by atoms with Gasteiger partial charge in [-0.15, -0.1) is 0 Å². The van der Waals surface area contributed by atoms with Crippen LogP contribution < -0.4 is 10.2 Å². The summed E-state index contributed by atoms with van der Waals surface area (Å²) in [5.41, 5.74) is 6.75. The molecule has 1 aromatic heterocycles. The second kappa shape index (κ2) is 12.1. The minimum absolute atomic E-state index is 0.199. The molecule has 0 saturated heterocycles. The number of aromatic nitrogens is 1. The first-order valence-corrected chi connectivity index (χ1v) is 13.2. The van der Waals surface area contributed by atoms with Gasteiger partial charge in [-0.05, 0) is 47.5 Å². The highest BCUT2D eigenvalue weighted by atomic mass is 35.5. The summed E-state index contributed by atoms with van der Waals surface area (Å²) in [6.07, 6.45) is 1.46. The maximum atomic E-state index is 13.1. The van der Waals surface area contributed by atoms with Crippen molar-refractivity contribution in [2.45, 2.75) is 6.61 Å². The van der Waals surface area contributed by atoms with Crippen LogP contribution >= 0.6 is 46.4 Å². The smallest absolute Gasteiger partial charge is 0.272 e. The van der Waals surface area contributed by atoms with E-state index >= 15 is 0 Å². The second-order valence-corrected chi connectivity index (χ2v) is 10.1. The van der Waals surface area contributed by atoms with E-state index in [1.807, 2.05) is 54.6 Å². The van der Waals surface area contributed by atoms with Crippen molar-refractivity contribution in [2.24, 2.45) is 5.10 Å². The number of pyridine rings is 1. The third-order valence-corrected chi connectivity index (χ3v) is 7.10. The summed E-state index contributed by atoms with van der Waals surface area (Å²) in [6, 6.07) is 27.4. The van der Waals surface area contributed by atoms with Crippen LogP contribution in [0.1, 0.15) is 21.5 Å². The molecule has 5 aromatic rings. The second-order valence-electron chi connectivity index (χ2n) is 8.49. The van der Waals surface area contributed by atoms with E-state index in [2.05, 4.69) is 10.5 Å². The molecule has 4 aromatic carbocycles. The van der Waals surface area contributed by atoms with Crippen LogP contribution in [0.2, 0.25) is 20.1 Å². The van der Waals surface area contributed by atoms with Crippen LogP contribution in [0.25, 0.3) is 22.2 Å². The van der Waals surface area contributed by atoms with E-state index < -0.39 is 0 Å². The van der Waals surface area contributed by atoms with Crippen molar-refractivity contribution in [1.29, 1.82) is 0 Å². The molecule has 0 radical (unpaired) electrons. The van der Waals surface area contributed by atoms with E-state index in [1.54, 1.807) is 36.4 Å². The molecule has 5 rings (SSSR count). The van der Waals surface area contributed by atoms with Crippen molar-refractivity contribution in [2.75, 3.05) is 0 Å². The summed E-state index contributed by atoms with van der Waals surface area (Å²) >= 11 is 24.9. The highest BCUT2D eigenvalue weighted by Crippen LogP contribution is 2.35. The number of carbonyl (C=O) groups excluding carboxylic acids is 1. The van der Waals surface area contributed by atoms with Gasteiger partial charge in [0.25, 0.3) is 5.91 Å². The van der Waals surface area contributed by atoms with Gasteiger partial charge in [0.2, 0.25) is 0 Å². The van der Waals surface area contributed by atoms with Gasteiger partial charge in [-0.3, -0.25) is 4.79 Å². The van der Waals surface area contributed by atoms with Gasteiger partial charge in [0.05, 0.1) is 43.1 Å². The van der Waals surface area contributed by atoms with Crippen molar-refractivity contribution in [3.8, 4) is 17.0 Å². The van der Waals surface area contributed by atoms with Crippen molar-refractivity contribution >= 4 is 69.4 Å². The number of rotatable bonds is 7. The minimum atomic E-state index is -0.374. The molecule has 0 unspecified atom stereocenters. The van der Waals surface area contributed by atoms with Crippen LogP contribution in [0, 0.1) is 0 Å². The molecule has 9 heteroatoms. The predicted octanol–water partition coefficient (Wildman–Crippen LogP) is 8.86. The Labute approximate surface area is 245 Å². The average molecular weight is 595 g/mol. The molecule has 0 bridgehead atoms. The average Bonchev–Trinajstić information content (AvgIpc) is 2.94. The van der Waals surface area contributed by atoms with Gasteiger partial charge in [0, 0.05) is 10.9 Å². The Balaban J connectivity index is 1.32. The Morgan fingerprint density at radius 3 is 2.28 bits per heavy atom. The van der Waals surface area contributed by atoms with Gasteiger partial charge < -0.3 is 4.74 Å². The molecule has 39 heavy (non-hydrogen) atoms. The standard InChI is InChI=1S/C30H19Cl4N3O2/c31-23-11-10-18(12-24(23)32)17-39-29-25(33)13-19(14-26(29)34)16-35-37-30(38)22-15-28(20-6-2-1-3-7-20)36-27-9-5-4-8-21(22)27/h1-16H,17H2,(H,37,38)/b35-16+. The van der Waals surface area contributed by atoms with Gasteiger partial charge in [-0.25, -0.2) is 10.4 Å². The van der Waals surface area contributed by atoms with E-state index in [1.165, 1.54) is 6.21 Å². The molecular weight excluding hydrogens is 576 g/mol. The maximum Gasteiger partial charge on any atom is 0.272 e. The number of ether oxygens (including phenoxy) is 1. The molecule has 0 aliphatic heterocycles. The number of nitrogens with one attached hydrogen (secondary N) is 1. The monoisotopic (exact) mass is 593 g/mol. The fourth-order valence-electron chi connectivity index (χ4n) is 3.92. The highest BCUT2D eigenvalue weighted by Gasteiger charge is 2.14.